The highest BCUT2D eigenvalue weighted by molar-refractivity contribution is 7.17. The molecule has 1 aliphatic heterocycles. The van der Waals surface area contributed by atoms with Gasteiger partial charge in [-0.3, -0.25) is 15.1 Å². The number of allylic oxidation sites excluding steroid dienone is 2. The van der Waals surface area contributed by atoms with Gasteiger partial charge in [0.05, 0.1) is 24.8 Å². The molecule has 0 saturated heterocycles. The van der Waals surface area contributed by atoms with Crippen LogP contribution in [0.4, 0.5) is 9.52 Å². The summed E-state index contributed by atoms with van der Waals surface area (Å²) in [5, 5.41) is 11.2. The van der Waals surface area contributed by atoms with E-state index >= 15 is 0 Å². The van der Waals surface area contributed by atoms with E-state index in [4.69, 9.17) is 18.9 Å². The second-order valence-electron chi connectivity index (χ2n) is 7.67. The molecule has 1 aliphatic rings. The zero-order chi connectivity index (χ0) is 25.5. The minimum Gasteiger partial charge on any atom is -0.496 e. The average molecular weight is 513 g/mol. The number of carbonyl (C=O) groups is 1. The van der Waals surface area contributed by atoms with Gasteiger partial charge in [0.25, 0.3) is 11.1 Å². The number of hydrogen-bond acceptors (Lipinski definition) is 9. The fourth-order valence-electron chi connectivity index (χ4n) is 3.46. The maximum atomic E-state index is 14.7. The van der Waals surface area contributed by atoms with Crippen molar-refractivity contribution in [2.45, 2.75) is 20.3 Å². The summed E-state index contributed by atoms with van der Waals surface area (Å²) in [6, 6.07) is 6.13. The molecule has 0 unspecified atom stereocenters. The average Bonchev–Trinajstić information content (AvgIpc) is 3.31. The normalized spacial score (nSPS) is 13.3. The van der Waals surface area contributed by atoms with Crippen molar-refractivity contribution in [1.29, 1.82) is 0 Å². The van der Waals surface area contributed by atoms with Crippen LogP contribution in [0.3, 0.4) is 0 Å². The largest absolute Gasteiger partial charge is 0.496 e. The summed E-state index contributed by atoms with van der Waals surface area (Å²) in [5.74, 6) is 0.753. The lowest BCUT2D eigenvalue weighted by Gasteiger charge is -2.17. The van der Waals surface area contributed by atoms with Crippen molar-refractivity contribution in [2.24, 2.45) is 0 Å². The summed E-state index contributed by atoms with van der Waals surface area (Å²) in [5.41, 5.74) is 1.34. The molecule has 0 spiro atoms. The summed E-state index contributed by atoms with van der Waals surface area (Å²) in [4.78, 5) is 17.3. The molecular weight excluding hydrogens is 487 g/mol. The van der Waals surface area contributed by atoms with Crippen LogP contribution < -0.4 is 14.8 Å². The Morgan fingerprint density at radius 1 is 1.25 bits per heavy atom. The van der Waals surface area contributed by atoms with Crippen LogP contribution in [0.2, 0.25) is 0 Å². The molecule has 0 saturated carbocycles. The molecule has 1 amide bonds. The molecule has 1 aromatic carbocycles. The maximum absolute atomic E-state index is 14.7. The van der Waals surface area contributed by atoms with Gasteiger partial charge in [-0.05, 0) is 55.9 Å². The molecule has 0 atom stereocenters. The number of halogens is 1. The fraction of sp³-hybridized carbons (Fsp3) is 0.280. The summed E-state index contributed by atoms with van der Waals surface area (Å²) < 4.78 is 36.6. The third-order valence-electron chi connectivity index (χ3n) is 5.16. The highest BCUT2D eigenvalue weighted by Crippen LogP contribution is 2.35. The lowest BCUT2D eigenvalue weighted by atomic mass is 9.98. The quantitative estimate of drug-likeness (QED) is 0.403. The van der Waals surface area contributed by atoms with E-state index in [0.29, 0.717) is 54.2 Å². The Labute approximate surface area is 211 Å². The number of nitrogens with zero attached hydrogens (tertiary/aromatic N) is 3. The predicted molar refractivity (Wildman–Crippen MR) is 133 cm³/mol. The first-order valence-corrected chi connectivity index (χ1v) is 12.0. The van der Waals surface area contributed by atoms with Crippen molar-refractivity contribution in [1.82, 2.24) is 15.2 Å². The van der Waals surface area contributed by atoms with Crippen molar-refractivity contribution in [2.75, 3.05) is 32.2 Å². The molecule has 0 bridgehead atoms. The number of pyridine rings is 1. The first-order chi connectivity index (χ1) is 17.5. The van der Waals surface area contributed by atoms with Crippen LogP contribution in [-0.4, -0.2) is 48.0 Å². The van der Waals surface area contributed by atoms with Gasteiger partial charge in [0.15, 0.2) is 5.76 Å². The Bertz CT molecular complexity index is 1310. The molecule has 9 nitrogen and oxygen atoms in total. The number of aromatic nitrogens is 3. The Morgan fingerprint density at radius 2 is 2.08 bits per heavy atom. The van der Waals surface area contributed by atoms with E-state index in [-0.39, 0.29) is 16.3 Å². The highest BCUT2D eigenvalue weighted by atomic mass is 32.1. The monoisotopic (exact) mass is 512 g/mol. The van der Waals surface area contributed by atoms with E-state index in [1.54, 1.807) is 25.1 Å². The van der Waals surface area contributed by atoms with E-state index < -0.39 is 11.7 Å². The van der Waals surface area contributed by atoms with Crippen LogP contribution in [0.15, 0.2) is 54.1 Å². The third kappa shape index (κ3) is 5.98. The zero-order valence-electron chi connectivity index (χ0n) is 20.0. The first-order valence-electron chi connectivity index (χ1n) is 11.2. The standard InChI is InChI=1S/C25H25FN4O5S/c1-15-13-17(22-19(26)7-6-9-21(22)32-3)18(14-27-15)23(31)28-24-29-30-25(36-24)35-10-5-4-8-20-16(2)33-11-12-34-20/h4,6-9,13-14H,5,10-12H2,1-3H3,(H,28,29,31)/b8-4-. The van der Waals surface area contributed by atoms with Gasteiger partial charge in [-0.25, -0.2) is 4.39 Å². The molecule has 3 aromatic rings. The number of hydrogen-bond donors (Lipinski definition) is 1. The van der Waals surface area contributed by atoms with Gasteiger partial charge >= 0.3 is 0 Å². The number of anilines is 1. The van der Waals surface area contributed by atoms with Gasteiger partial charge in [0.1, 0.15) is 30.5 Å². The number of rotatable bonds is 9. The smallest absolute Gasteiger partial charge is 0.295 e. The van der Waals surface area contributed by atoms with Crippen LogP contribution in [0.25, 0.3) is 11.1 Å². The molecular formula is C25H25FN4O5S. The van der Waals surface area contributed by atoms with E-state index in [0.717, 1.165) is 17.1 Å². The van der Waals surface area contributed by atoms with E-state index in [2.05, 4.69) is 20.5 Å². The minimum absolute atomic E-state index is 0.172. The van der Waals surface area contributed by atoms with Crippen molar-refractivity contribution in [3.8, 4) is 22.1 Å². The molecule has 0 fully saturated rings. The Balaban J connectivity index is 1.41. The highest BCUT2D eigenvalue weighted by Gasteiger charge is 2.21. The van der Waals surface area contributed by atoms with Crippen LogP contribution in [0.5, 0.6) is 10.9 Å². The number of carbonyl (C=O) groups excluding carboxylic acids is 1. The van der Waals surface area contributed by atoms with Crippen molar-refractivity contribution >= 4 is 22.4 Å². The van der Waals surface area contributed by atoms with E-state index in [1.807, 2.05) is 19.1 Å². The Morgan fingerprint density at radius 3 is 2.89 bits per heavy atom. The first kappa shape index (κ1) is 25.1. The van der Waals surface area contributed by atoms with Gasteiger partial charge in [-0.15, -0.1) is 5.10 Å². The maximum Gasteiger partial charge on any atom is 0.295 e. The molecule has 1 N–H and O–H groups in total. The topological polar surface area (TPSA) is 105 Å². The number of nitrogens with one attached hydrogen (secondary N) is 1. The van der Waals surface area contributed by atoms with Gasteiger partial charge in [-0.1, -0.05) is 17.2 Å². The molecule has 0 radical (unpaired) electrons. The van der Waals surface area contributed by atoms with Gasteiger partial charge in [-0.2, -0.15) is 0 Å². The summed E-state index contributed by atoms with van der Waals surface area (Å²) in [7, 11) is 1.45. The third-order valence-corrected chi connectivity index (χ3v) is 5.91. The van der Waals surface area contributed by atoms with Gasteiger partial charge in [0.2, 0.25) is 5.13 Å². The Hall–Kier alpha value is -3.99. The van der Waals surface area contributed by atoms with Crippen molar-refractivity contribution in [3.05, 3.63) is 71.2 Å². The van der Waals surface area contributed by atoms with Gasteiger partial charge < -0.3 is 18.9 Å². The second kappa shape index (κ2) is 11.6. The number of amides is 1. The van der Waals surface area contributed by atoms with Crippen LogP contribution in [-0.2, 0) is 9.47 Å². The molecule has 0 aliphatic carbocycles. The number of methoxy groups -OCH3 is 1. The summed E-state index contributed by atoms with van der Waals surface area (Å²) >= 11 is 1.08. The zero-order valence-corrected chi connectivity index (χ0v) is 20.9. The predicted octanol–water partition coefficient (Wildman–Crippen LogP) is 4.91. The van der Waals surface area contributed by atoms with Crippen molar-refractivity contribution < 1.29 is 28.1 Å². The van der Waals surface area contributed by atoms with Crippen LogP contribution >= 0.6 is 11.3 Å². The lowest BCUT2D eigenvalue weighted by Crippen LogP contribution is -2.14. The van der Waals surface area contributed by atoms with Crippen LogP contribution in [0.1, 0.15) is 29.4 Å². The fourth-order valence-corrected chi connectivity index (χ4v) is 4.07. The van der Waals surface area contributed by atoms with Crippen molar-refractivity contribution in [3.63, 3.8) is 0 Å². The van der Waals surface area contributed by atoms with E-state index in [9.17, 15) is 9.18 Å². The lowest BCUT2D eigenvalue weighted by molar-refractivity contribution is 0.0707. The Kier molecular flexibility index (Phi) is 8.11. The molecule has 11 heteroatoms. The molecule has 36 heavy (non-hydrogen) atoms. The molecule has 188 valence electrons. The molecule has 4 rings (SSSR count). The number of aryl methyl sites for hydroxylation is 1. The minimum atomic E-state index is -0.510. The van der Waals surface area contributed by atoms with Crippen LogP contribution in [0, 0.1) is 12.7 Å². The summed E-state index contributed by atoms with van der Waals surface area (Å²) in [6.45, 7) is 5.07. The summed E-state index contributed by atoms with van der Waals surface area (Å²) in [6.07, 6.45) is 5.78. The van der Waals surface area contributed by atoms with E-state index in [1.165, 1.54) is 19.4 Å². The SMILES string of the molecule is COc1cccc(F)c1-c1cc(C)ncc1C(=O)Nc1nnc(OCC/C=C\C2=C(C)OCCO2)s1. The number of benzene rings is 1. The van der Waals surface area contributed by atoms with Gasteiger partial charge in [0, 0.05) is 17.5 Å². The second-order valence-corrected chi connectivity index (χ2v) is 8.61. The molecule has 3 heterocycles. The number of ether oxygens (including phenoxy) is 4. The molecule has 2 aromatic heterocycles.